The van der Waals surface area contributed by atoms with Crippen molar-refractivity contribution in [1.29, 1.82) is 0 Å². The molecule has 1 N–H and O–H groups in total. The predicted molar refractivity (Wildman–Crippen MR) is 119 cm³/mol. The average molecular weight is 411 g/mol. The lowest BCUT2D eigenvalue weighted by atomic mass is 10.2. The van der Waals surface area contributed by atoms with Gasteiger partial charge in [0.25, 0.3) is 0 Å². The molecule has 2 amide bonds. The highest BCUT2D eigenvalue weighted by molar-refractivity contribution is 5.92. The number of aryl methyl sites for hydroxylation is 1. The normalized spacial score (nSPS) is 14.0. The Bertz CT molecular complexity index is 861. The Labute approximate surface area is 178 Å². The first-order valence-electron chi connectivity index (χ1n) is 10.2. The van der Waals surface area contributed by atoms with E-state index in [-0.39, 0.29) is 24.9 Å². The van der Waals surface area contributed by atoms with Gasteiger partial charge in [-0.2, -0.15) is 0 Å². The minimum atomic E-state index is -0.129. The summed E-state index contributed by atoms with van der Waals surface area (Å²) in [6.07, 6.45) is 0. The molecular weight excluding hydrogens is 380 g/mol. The standard InChI is InChI=1S/C23H30N4O3/c1-18-8-10-19(11-9-18)24-22(28)16-25(2)17-23(29)27-14-12-26(13-15-27)20-6-4-5-7-21(20)30-3/h4-11H,12-17H2,1-3H3,(H,24,28). The van der Waals surface area contributed by atoms with Crippen LogP contribution in [0.5, 0.6) is 5.75 Å². The number of rotatable bonds is 7. The van der Waals surface area contributed by atoms with Crippen LogP contribution in [0.25, 0.3) is 0 Å². The second-order valence-corrected chi connectivity index (χ2v) is 7.63. The van der Waals surface area contributed by atoms with E-state index in [4.69, 9.17) is 4.74 Å². The molecule has 2 aromatic rings. The Morgan fingerprint density at radius 1 is 1.00 bits per heavy atom. The van der Waals surface area contributed by atoms with Gasteiger partial charge in [0.05, 0.1) is 25.9 Å². The molecular formula is C23H30N4O3. The zero-order chi connectivity index (χ0) is 21.5. The van der Waals surface area contributed by atoms with E-state index in [1.807, 2.05) is 60.4 Å². The maximum atomic E-state index is 12.7. The van der Waals surface area contributed by atoms with Gasteiger partial charge in [-0.25, -0.2) is 0 Å². The first kappa shape index (κ1) is 21.6. The summed E-state index contributed by atoms with van der Waals surface area (Å²) in [4.78, 5) is 30.7. The van der Waals surface area contributed by atoms with Gasteiger partial charge in [0.15, 0.2) is 0 Å². The van der Waals surface area contributed by atoms with Crippen molar-refractivity contribution < 1.29 is 14.3 Å². The Morgan fingerprint density at radius 3 is 2.33 bits per heavy atom. The molecule has 7 heteroatoms. The smallest absolute Gasteiger partial charge is 0.238 e. The summed E-state index contributed by atoms with van der Waals surface area (Å²) < 4.78 is 5.44. The number of likely N-dealkylation sites (N-methyl/N-ethyl adjacent to an activating group) is 1. The van der Waals surface area contributed by atoms with Crippen molar-refractivity contribution in [2.45, 2.75) is 6.92 Å². The van der Waals surface area contributed by atoms with Gasteiger partial charge >= 0.3 is 0 Å². The third-order valence-electron chi connectivity index (χ3n) is 5.21. The van der Waals surface area contributed by atoms with Crippen LogP contribution in [0, 0.1) is 6.92 Å². The summed E-state index contributed by atoms with van der Waals surface area (Å²) in [5.41, 5.74) is 2.95. The van der Waals surface area contributed by atoms with Gasteiger partial charge in [-0.05, 0) is 38.2 Å². The van der Waals surface area contributed by atoms with E-state index < -0.39 is 0 Å². The molecule has 30 heavy (non-hydrogen) atoms. The molecule has 2 aromatic carbocycles. The second kappa shape index (κ2) is 10.1. The summed E-state index contributed by atoms with van der Waals surface area (Å²) in [6, 6.07) is 15.6. The minimum absolute atomic E-state index is 0.0420. The molecule has 0 aliphatic carbocycles. The molecule has 0 aromatic heterocycles. The Kier molecular flexibility index (Phi) is 7.30. The van der Waals surface area contributed by atoms with Crippen LogP contribution in [0.3, 0.4) is 0 Å². The van der Waals surface area contributed by atoms with Crippen molar-refractivity contribution in [3.05, 3.63) is 54.1 Å². The number of nitrogens with zero attached hydrogens (tertiary/aromatic N) is 3. The summed E-state index contributed by atoms with van der Waals surface area (Å²) in [5.74, 6) is 0.757. The van der Waals surface area contributed by atoms with E-state index in [2.05, 4.69) is 10.2 Å². The summed E-state index contributed by atoms with van der Waals surface area (Å²) in [5, 5.41) is 2.86. The fourth-order valence-corrected chi connectivity index (χ4v) is 3.56. The summed E-state index contributed by atoms with van der Waals surface area (Å²) >= 11 is 0. The van der Waals surface area contributed by atoms with Crippen molar-refractivity contribution >= 4 is 23.2 Å². The number of anilines is 2. The number of hydrogen-bond acceptors (Lipinski definition) is 5. The fourth-order valence-electron chi connectivity index (χ4n) is 3.56. The Morgan fingerprint density at radius 2 is 1.67 bits per heavy atom. The van der Waals surface area contributed by atoms with Crippen LogP contribution in [0.4, 0.5) is 11.4 Å². The first-order chi connectivity index (χ1) is 14.5. The molecule has 0 radical (unpaired) electrons. The van der Waals surface area contributed by atoms with Gasteiger partial charge in [-0.3, -0.25) is 14.5 Å². The fraction of sp³-hybridized carbons (Fsp3) is 0.391. The van der Waals surface area contributed by atoms with Crippen molar-refractivity contribution in [2.24, 2.45) is 0 Å². The lowest BCUT2D eigenvalue weighted by Gasteiger charge is -2.37. The van der Waals surface area contributed by atoms with Gasteiger partial charge < -0.3 is 19.9 Å². The molecule has 0 atom stereocenters. The molecule has 3 rings (SSSR count). The molecule has 0 unspecified atom stereocenters. The zero-order valence-electron chi connectivity index (χ0n) is 17.9. The molecule has 1 fully saturated rings. The maximum absolute atomic E-state index is 12.7. The number of piperazine rings is 1. The molecule has 0 saturated carbocycles. The van der Waals surface area contributed by atoms with Gasteiger partial charge in [-0.1, -0.05) is 29.8 Å². The SMILES string of the molecule is COc1ccccc1N1CCN(C(=O)CN(C)CC(=O)Nc2ccc(C)cc2)CC1. The maximum Gasteiger partial charge on any atom is 0.238 e. The first-order valence-corrected chi connectivity index (χ1v) is 10.2. The molecule has 1 saturated heterocycles. The largest absolute Gasteiger partial charge is 0.495 e. The number of carbonyl (C=O) groups excluding carboxylic acids is 2. The molecule has 1 aliphatic rings. The quantitative estimate of drug-likeness (QED) is 0.758. The number of benzene rings is 2. The number of methoxy groups -OCH3 is 1. The third-order valence-corrected chi connectivity index (χ3v) is 5.21. The van der Waals surface area contributed by atoms with Crippen molar-refractivity contribution in [1.82, 2.24) is 9.80 Å². The summed E-state index contributed by atoms with van der Waals surface area (Å²) in [6.45, 7) is 5.20. The second-order valence-electron chi connectivity index (χ2n) is 7.63. The highest BCUT2D eigenvalue weighted by Crippen LogP contribution is 2.28. The van der Waals surface area contributed by atoms with E-state index in [9.17, 15) is 9.59 Å². The topological polar surface area (TPSA) is 65.1 Å². The predicted octanol–water partition coefficient (Wildman–Crippen LogP) is 2.22. The van der Waals surface area contributed by atoms with E-state index >= 15 is 0 Å². The van der Waals surface area contributed by atoms with E-state index in [0.29, 0.717) is 13.1 Å². The van der Waals surface area contributed by atoms with Crippen LogP contribution in [-0.2, 0) is 9.59 Å². The van der Waals surface area contributed by atoms with Gasteiger partial charge in [-0.15, -0.1) is 0 Å². The third kappa shape index (κ3) is 5.73. The monoisotopic (exact) mass is 410 g/mol. The minimum Gasteiger partial charge on any atom is -0.495 e. The number of ether oxygens (including phenoxy) is 1. The Balaban J connectivity index is 1.44. The van der Waals surface area contributed by atoms with Crippen molar-refractivity contribution in [3.8, 4) is 5.75 Å². The zero-order valence-corrected chi connectivity index (χ0v) is 17.9. The van der Waals surface area contributed by atoms with Gasteiger partial charge in [0, 0.05) is 31.9 Å². The van der Waals surface area contributed by atoms with Crippen LogP contribution in [0.1, 0.15) is 5.56 Å². The van der Waals surface area contributed by atoms with Gasteiger partial charge in [0.1, 0.15) is 5.75 Å². The molecule has 0 bridgehead atoms. The molecule has 160 valence electrons. The lowest BCUT2D eigenvalue weighted by molar-refractivity contribution is -0.132. The van der Waals surface area contributed by atoms with E-state index in [1.165, 1.54) is 0 Å². The Hall–Kier alpha value is -3.06. The molecule has 1 heterocycles. The number of nitrogens with one attached hydrogen (secondary N) is 1. The van der Waals surface area contributed by atoms with Crippen LogP contribution in [-0.4, -0.2) is 75.0 Å². The van der Waals surface area contributed by atoms with E-state index in [1.54, 1.807) is 19.1 Å². The molecule has 7 nitrogen and oxygen atoms in total. The van der Waals surface area contributed by atoms with Crippen LogP contribution in [0.2, 0.25) is 0 Å². The number of para-hydroxylation sites is 2. The average Bonchev–Trinajstić information content (AvgIpc) is 2.75. The van der Waals surface area contributed by atoms with Crippen molar-refractivity contribution in [3.63, 3.8) is 0 Å². The molecule has 1 aliphatic heterocycles. The van der Waals surface area contributed by atoms with Crippen molar-refractivity contribution in [2.75, 3.05) is 63.6 Å². The molecule has 0 spiro atoms. The van der Waals surface area contributed by atoms with E-state index in [0.717, 1.165) is 35.8 Å². The van der Waals surface area contributed by atoms with Crippen LogP contribution >= 0.6 is 0 Å². The highest BCUT2D eigenvalue weighted by atomic mass is 16.5. The summed E-state index contributed by atoms with van der Waals surface area (Å²) in [7, 11) is 3.46. The number of hydrogen-bond donors (Lipinski definition) is 1. The van der Waals surface area contributed by atoms with Crippen LogP contribution in [0.15, 0.2) is 48.5 Å². The lowest BCUT2D eigenvalue weighted by Crippen LogP contribution is -2.51. The highest BCUT2D eigenvalue weighted by Gasteiger charge is 2.23. The van der Waals surface area contributed by atoms with Crippen LogP contribution < -0.4 is 15.0 Å². The number of amides is 2. The van der Waals surface area contributed by atoms with Gasteiger partial charge in [0.2, 0.25) is 11.8 Å². The number of carbonyl (C=O) groups is 2.